The first kappa shape index (κ1) is 15.4. The molecular weight excluding hydrogens is 274 g/mol. The number of amides is 1. The molecule has 7 nitrogen and oxygen atoms in total. The number of morpholine rings is 1. The third kappa shape index (κ3) is 3.99. The average Bonchev–Trinajstić information content (AvgIpc) is 2.47. The van der Waals surface area contributed by atoms with Gasteiger partial charge in [0.05, 0.1) is 23.7 Å². The van der Waals surface area contributed by atoms with E-state index in [0.29, 0.717) is 12.3 Å². The minimum Gasteiger partial charge on any atom is -0.376 e. The summed E-state index contributed by atoms with van der Waals surface area (Å²) in [6.07, 6.45) is 0.119. The molecule has 0 aliphatic carbocycles. The molecule has 1 saturated heterocycles. The van der Waals surface area contributed by atoms with Crippen molar-refractivity contribution < 1.29 is 14.5 Å². The van der Waals surface area contributed by atoms with Gasteiger partial charge in [0.25, 0.3) is 5.69 Å². The highest BCUT2D eigenvalue weighted by Gasteiger charge is 2.26. The van der Waals surface area contributed by atoms with Crippen LogP contribution in [0.15, 0.2) is 24.3 Å². The van der Waals surface area contributed by atoms with Crippen molar-refractivity contribution in [2.24, 2.45) is 0 Å². The number of benzene rings is 1. The number of anilines is 1. The van der Waals surface area contributed by atoms with Gasteiger partial charge in [0, 0.05) is 30.9 Å². The van der Waals surface area contributed by atoms with Gasteiger partial charge in [-0.1, -0.05) is 0 Å². The van der Waals surface area contributed by atoms with Crippen LogP contribution in [0, 0.1) is 10.1 Å². The molecule has 0 saturated carbocycles. The van der Waals surface area contributed by atoms with E-state index in [0.717, 1.165) is 13.1 Å². The number of ether oxygens (including phenoxy) is 1. The fourth-order valence-corrected chi connectivity index (χ4v) is 2.28. The highest BCUT2D eigenvalue weighted by atomic mass is 16.6. The molecule has 21 heavy (non-hydrogen) atoms. The van der Waals surface area contributed by atoms with Crippen molar-refractivity contribution in [2.45, 2.75) is 26.0 Å². The Kier molecular flexibility index (Phi) is 4.87. The van der Waals surface area contributed by atoms with E-state index in [4.69, 9.17) is 4.74 Å². The Morgan fingerprint density at radius 1 is 1.48 bits per heavy atom. The predicted octanol–water partition coefficient (Wildman–Crippen LogP) is 1.64. The first-order valence-electron chi connectivity index (χ1n) is 6.88. The smallest absolute Gasteiger partial charge is 0.269 e. The Labute approximate surface area is 123 Å². The van der Waals surface area contributed by atoms with E-state index in [1.807, 2.05) is 13.8 Å². The summed E-state index contributed by atoms with van der Waals surface area (Å²) < 4.78 is 5.45. The van der Waals surface area contributed by atoms with Crippen LogP contribution in [-0.4, -0.2) is 47.6 Å². The predicted molar refractivity (Wildman–Crippen MR) is 78.2 cm³/mol. The van der Waals surface area contributed by atoms with Crippen LogP contribution in [0.2, 0.25) is 0 Å². The molecule has 1 aromatic carbocycles. The zero-order chi connectivity index (χ0) is 15.4. The van der Waals surface area contributed by atoms with Crippen LogP contribution in [0.4, 0.5) is 11.4 Å². The van der Waals surface area contributed by atoms with E-state index in [-0.39, 0.29) is 23.7 Å². The monoisotopic (exact) mass is 293 g/mol. The highest BCUT2D eigenvalue weighted by molar-refractivity contribution is 5.94. The summed E-state index contributed by atoms with van der Waals surface area (Å²) in [5, 5.41) is 13.4. The normalized spacial score (nSPS) is 20.8. The standard InChI is InChI=1S/C14H19N3O4/c1-10-9-16(7-8-21-10)11(2)14(18)15-12-3-5-13(6-4-12)17(19)20/h3-6,10-11H,7-9H2,1-2H3,(H,15,18)/t10-,11+/m0/s1. The number of non-ortho nitro benzene ring substituents is 1. The fourth-order valence-electron chi connectivity index (χ4n) is 2.28. The number of nitro groups is 1. The van der Waals surface area contributed by atoms with Gasteiger partial charge in [-0.25, -0.2) is 0 Å². The van der Waals surface area contributed by atoms with Gasteiger partial charge >= 0.3 is 0 Å². The number of hydrogen-bond donors (Lipinski definition) is 1. The number of rotatable bonds is 4. The van der Waals surface area contributed by atoms with E-state index < -0.39 is 4.92 Å². The van der Waals surface area contributed by atoms with Crippen molar-refractivity contribution in [3.05, 3.63) is 34.4 Å². The van der Waals surface area contributed by atoms with Crippen molar-refractivity contribution in [3.8, 4) is 0 Å². The maximum absolute atomic E-state index is 12.2. The molecule has 1 fully saturated rings. The van der Waals surface area contributed by atoms with Gasteiger partial charge in [0.1, 0.15) is 0 Å². The van der Waals surface area contributed by atoms with E-state index in [2.05, 4.69) is 10.2 Å². The third-order valence-corrected chi connectivity index (χ3v) is 3.55. The fraction of sp³-hybridized carbons (Fsp3) is 0.500. The SMILES string of the molecule is C[C@H](C(=O)Nc1ccc([N+](=O)[O-])cc1)N1CCO[C@@H](C)C1. The summed E-state index contributed by atoms with van der Waals surface area (Å²) in [7, 11) is 0. The van der Waals surface area contributed by atoms with Gasteiger partial charge in [-0.15, -0.1) is 0 Å². The molecule has 2 atom stereocenters. The number of carbonyl (C=O) groups is 1. The second kappa shape index (κ2) is 6.64. The Morgan fingerprint density at radius 3 is 2.71 bits per heavy atom. The summed E-state index contributed by atoms with van der Waals surface area (Å²) >= 11 is 0. The van der Waals surface area contributed by atoms with Crippen LogP contribution >= 0.6 is 0 Å². The zero-order valence-electron chi connectivity index (χ0n) is 12.1. The molecule has 0 unspecified atom stereocenters. The van der Waals surface area contributed by atoms with E-state index in [1.165, 1.54) is 24.3 Å². The topological polar surface area (TPSA) is 84.7 Å². The van der Waals surface area contributed by atoms with Gasteiger partial charge in [-0.3, -0.25) is 19.8 Å². The van der Waals surface area contributed by atoms with Crippen molar-refractivity contribution >= 4 is 17.3 Å². The summed E-state index contributed by atoms with van der Waals surface area (Å²) in [5.74, 6) is -0.127. The number of nitro benzene ring substituents is 1. The van der Waals surface area contributed by atoms with Crippen molar-refractivity contribution in [1.29, 1.82) is 0 Å². The van der Waals surface area contributed by atoms with Crippen LogP contribution < -0.4 is 5.32 Å². The lowest BCUT2D eigenvalue weighted by Gasteiger charge is -2.34. The van der Waals surface area contributed by atoms with Crippen LogP contribution in [0.5, 0.6) is 0 Å². The molecule has 114 valence electrons. The van der Waals surface area contributed by atoms with Crippen LogP contribution in [0.1, 0.15) is 13.8 Å². The number of carbonyl (C=O) groups excluding carboxylic acids is 1. The molecule has 1 amide bonds. The Hall–Kier alpha value is -1.99. The maximum atomic E-state index is 12.2. The molecule has 0 bridgehead atoms. The molecule has 7 heteroatoms. The molecule has 1 heterocycles. The summed E-state index contributed by atoms with van der Waals surface area (Å²) in [4.78, 5) is 24.4. The number of hydrogen-bond acceptors (Lipinski definition) is 5. The molecule has 1 aromatic rings. The molecule has 1 aliphatic heterocycles. The zero-order valence-corrected chi connectivity index (χ0v) is 12.1. The number of nitrogens with zero attached hydrogens (tertiary/aromatic N) is 2. The molecular formula is C14H19N3O4. The molecule has 0 spiro atoms. The minimum atomic E-state index is -0.469. The van der Waals surface area contributed by atoms with E-state index in [1.54, 1.807) is 0 Å². The Bertz CT molecular complexity index is 517. The molecule has 0 radical (unpaired) electrons. The van der Waals surface area contributed by atoms with Gasteiger partial charge in [-0.05, 0) is 26.0 Å². The highest BCUT2D eigenvalue weighted by Crippen LogP contribution is 2.16. The van der Waals surface area contributed by atoms with Gasteiger partial charge < -0.3 is 10.1 Å². The lowest BCUT2D eigenvalue weighted by atomic mass is 10.2. The summed E-state index contributed by atoms with van der Waals surface area (Å²) in [6, 6.07) is 5.54. The van der Waals surface area contributed by atoms with Crippen molar-refractivity contribution in [3.63, 3.8) is 0 Å². The van der Waals surface area contributed by atoms with Crippen LogP contribution in [0.25, 0.3) is 0 Å². The first-order valence-corrected chi connectivity index (χ1v) is 6.88. The summed E-state index contributed by atoms with van der Waals surface area (Å²) in [5.41, 5.74) is 0.557. The summed E-state index contributed by atoms with van der Waals surface area (Å²) in [6.45, 7) is 5.89. The molecule has 1 N–H and O–H groups in total. The minimum absolute atomic E-state index is 0.00283. The Morgan fingerprint density at radius 2 is 2.14 bits per heavy atom. The second-order valence-electron chi connectivity index (χ2n) is 5.15. The number of nitrogens with one attached hydrogen (secondary N) is 1. The lowest BCUT2D eigenvalue weighted by molar-refractivity contribution is -0.384. The van der Waals surface area contributed by atoms with Crippen molar-refractivity contribution in [2.75, 3.05) is 25.0 Å². The molecule has 2 rings (SSSR count). The quantitative estimate of drug-likeness (QED) is 0.674. The maximum Gasteiger partial charge on any atom is 0.269 e. The Balaban J connectivity index is 1.95. The van der Waals surface area contributed by atoms with E-state index >= 15 is 0 Å². The van der Waals surface area contributed by atoms with E-state index in [9.17, 15) is 14.9 Å². The van der Waals surface area contributed by atoms with Crippen LogP contribution in [0.3, 0.4) is 0 Å². The van der Waals surface area contributed by atoms with Gasteiger partial charge in [0.2, 0.25) is 5.91 Å². The first-order chi connectivity index (χ1) is 9.97. The third-order valence-electron chi connectivity index (χ3n) is 3.55. The van der Waals surface area contributed by atoms with Crippen LogP contribution in [-0.2, 0) is 9.53 Å². The largest absolute Gasteiger partial charge is 0.376 e. The lowest BCUT2D eigenvalue weighted by Crippen LogP contribution is -2.50. The second-order valence-corrected chi connectivity index (χ2v) is 5.15. The molecule has 0 aromatic heterocycles. The average molecular weight is 293 g/mol. The molecule has 1 aliphatic rings. The van der Waals surface area contributed by atoms with Gasteiger partial charge in [-0.2, -0.15) is 0 Å². The van der Waals surface area contributed by atoms with Gasteiger partial charge in [0.15, 0.2) is 0 Å². The van der Waals surface area contributed by atoms with Crippen molar-refractivity contribution in [1.82, 2.24) is 4.90 Å².